The monoisotopic (exact) mass is 372 g/mol. The highest BCUT2D eigenvalue weighted by molar-refractivity contribution is 9.10. The molecule has 0 spiro atoms. The van der Waals surface area contributed by atoms with Gasteiger partial charge >= 0.3 is 0 Å². The van der Waals surface area contributed by atoms with Gasteiger partial charge in [0.15, 0.2) is 6.10 Å². The second-order valence-corrected chi connectivity index (χ2v) is 6.32. The number of hydrogen-bond acceptors (Lipinski definition) is 2. The number of carbonyl (C=O) groups is 1. The van der Waals surface area contributed by atoms with E-state index in [0.717, 1.165) is 26.6 Å². The van der Waals surface area contributed by atoms with Gasteiger partial charge in [0, 0.05) is 22.8 Å². The first-order valence-corrected chi connectivity index (χ1v) is 8.13. The van der Waals surface area contributed by atoms with Crippen molar-refractivity contribution in [2.24, 2.45) is 0 Å². The van der Waals surface area contributed by atoms with Gasteiger partial charge in [-0.25, -0.2) is 0 Å². The SMILES string of the molecule is Cc1ccc(OC(C)C(=O)Nc2ccc3[nH]ccc3c2)c(Br)c1. The maximum absolute atomic E-state index is 12.3. The van der Waals surface area contributed by atoms with Crippen LogP contribution in [0.3, 0.4) is 0 Å². The standard InChI is InChI=1S/C18H17BrN2O2/c1-11-3-6-17(15(19)9-11)23-12(2)18(22)21-14-4-5-16-13(10-14)7-8-20-16/h3-10,12,20H,1-2H3,(H,21,22). The van der Waals surface area contributed by atoms with Gasteiger partial charge in [0.1, 0.15) is 5.75 Å². The molecule has 5 heteroatoms. The second kappa shape index (κ2) is 6.46. The molecule has 1 atom stereocenters. The lowest BCUT2D eigenvalue weighted by molar-refractivity contribution is -0.122. The summed E-state index contributed by atoms with van der Waals surface area (Å²) in [6.45, 7) is 3.73. The highest BCUT2D eigenvalue weighted by Crippen LogP contribution is 2.27. The fourth-order valence-electron chi connectivity index (χ4n) is 2.32. The Kier molecular flexibility index (Phi) is 4.39. The summed E-state index contributed by atoms with van der Waals surface area (Å²) in [4.78, 5) is 15.4. The minimum Gasteiger partial charge on any atom is -0.480 e. The second-order valence-electron chi connectivity index (χ2n) is 5.46. The van der Waals surface area contributed by atoms with Crippen LogP contribution < -0.4 is 10.1 Å². The topological polar surface area (TPSA) is 54.1 Å². The van der Waals surface area contributed by atoms with E-state index in [4.69, 9.17) is 4.74 Å². The van der Waals surface area contributed by atoms with Crippen LogP contribution in [-0.4, -0.2) is 17.0 Å². The van der Waals surface area contributed by atoms with E-state index in [0.29, 0.717) is 5.75 Å². The third kappa shape index (κ3) is 3.56. The molecule has 0 aliphatic heterocycles. The highest BCUT2D eigenvalue weighted by Gasteiger charge is 2.16. The Balaban J connectivity index is 1.69. The first kappa shape index (κ1) is 15.6. The molecule has 0 fully saturated rings. The maximum Gasteiger partial charge on any atom is 0.265 e. The summed E-state index contributed by atoms with van der Waals surface area (Å²) in [6, 6.07) is 13.5. The van der Waals surface area contributed by atoms with Gasteiger partial charge in [-0.15, -0.1) is 0 Å². The molecule has 0 saturated carbocycles. The first-order chi connectivity index (χ1) is 11.0. The normalized spacial score (nSPS) is 12.1. The summed E-state index contributed by atoms with van der Waals surface area (Å²) in [7, 11) is 0. The zero-order valence-corrected chi connectivity index (χ0v) is 14.5. The highest BCUT2D eigenvalue weighted by atomic mass is 79.9. The van der Waals surface area contributed by atoms with Crippen LogP contribution in [0.25, 0.3) is 10.9 Å². The van der Waals surface area contributed by atoms with Crippen molar-refractivity contribution in [3.05, 3.63) is 58.7 Å². The van der Waals surface area contributed by atoms with Crippen molar-refractivity contribution >= 4 is 38.4 Å². The molecule has 1 heterocycles. The Morgan fingerprint density at radius 3 is 2.83 bits per heavy atom. The van der Waals surface area contributed by atoms with E-state index >= 15 is 0 Å². The summed E-state index contributed by atoms with van der Waals surface area (Å²) < 4.78 is 6.58. The molecular weight excluding hydrogens is 356 g/mol. The number of anilines is 1. The van der Waals surface area contributed by atoms with Gasteiger partial charge < -0.3 is 15.0 Å². The van der Waals surface area contributed by atoms with Crippen molar-refractivity contribution in [2.45, 2.75) is 20.0 Å². The molecule has 23 heavy (non-hydrogen) atoms. The fourth-order valence-corrected chi connectivity index (χ4v) is 2.91. The number of rotatable bonds is 4. The molecule has 1 amide bonds. The van der Waals surface area contributed by atoms with Crippen molar-refractivity contribution in [2.75, 3.05) is 5.32 Å². The van der Waals surface area contributed by atoms with Gasteiger partial charge in [-0.2, -0.15) is 0 Å². The van der Waals surface area contributed by atoms with E-state index in [-0.39, 0.29) is 5.91 Å². The van der Waals surface area contributed by atoms with Crippen LogP contribution >= 0.6 is 15.9 Å². The predicted molar refractivity (Wildman–Crippen MR) is 95.9 cm³/mol. The Hall–Kier alpha value is -2.27. The Morgan fingerprint density at radius 1 is 1.22 bits per heavy atom. The smallest absolute Gasteiger partial charge is 0.265 e. The number of aromatic amines is 1. The van der Waals surface area contributed by atoms with Crippen LogP contribution in [0, 0.1) is 6.92 Å². The lowest BCUT2D eigenvalue weighted by atomic mass is 10.2. The number of ether oxygens (including phenoxy) is 1. The van der Waals surface area contributed by atoms with Crippen LogP contribution in [-0.2, 0) is 4.79 Å². The minimum atomic E-state index is -0.601. The fraction of sp³-hybridized carbons (Fsp3) is 0.167. The Bertz CT molecular complexity index is 857. The van der Waals surface area contributed by atoms with Crippen molar-refractivity contribution in [3.63, 3.8) is 0 Å². The van der Waals surface area contributed by atoms with Crippen molar-refractivity contribution < 1.29 is 9.53 Å². The number of amides is 1. The maximum atomic E-state index is 12.3. The van der Waals surface area contributed by atoms with Gasteiger partial charge in [0.25, 0.3) is 5.91 Å². The summed E-state index contributed by atoms with van der Waals surface area (Å²) >= 11 is 3.45. The molecule has 0 aliphatic carbocycles. The Labute approximate surface area is 143 Å². The van der Waals surface area contributed by atoms with Crippen molar-refractivity contribution in [3.8, 4) is 5.75 Å². The van der Waals surface area contributed by atoms with Gasteiger partial charge in [-0.1, -0.05) is 6.07 Å². The lowest BCUT2D eigenvalue weighted by Crippen LogP contribution is -2.30. The van der Waals surface area contributed by atoms with Gasteiger partial charge in [-0.3, -0.25) is 4.79 Å². The number of H-pyrrole nitrogens is 1. The third-order valence-corrected chi connectivity index (χ3v) is 4.20. The Morgan fingerprint density at radius 2 is 2.04 bits per heavy atom. The van der Waals surface area contributed by atoms with Crippen LogP contribution in [0.5, 0.6) is 5.75 Å². The lowest BCUT2D eigenvalue weighted by Gasteiger charge is -2.16. The molecule has 0 bridgehead atoms. The molecule has 0 radical (unpaired) electrons. The molecule has 2 N–H and O–H groups in total. The van der Waals surface area contributed by atoms with E-state index < -0.39 is 6.10 Å². The molecule has 1 aromatic heterocycles. The van der Waals surface area contributed by atoms with Gasteiger partial charge in [0.2, 0.25) is 0 Å². The summed E-state index contributed by atoms with van der Waals surface area (Å²) in [5.41, 5.74) is 2.91. The zero-order valence-electron chi connectivity index (χ0n) is 12.9. The molecule has 3 aromatic rings. The number of fused-ring (bicyclic) bond motifs is 1. The van der Waals surface area contributed by atoms with E-state index in [1.807, 2.05) is 55.6 Å². The molecule has 2 aromatic carbocycles. The van der Waals surface area contributed by atoms with Crippen LogP contribution in [0.1, 0.15) is 12.5 Å². The van der Waals surface area contributed by atoms with Gasteiger partial charge in [-0.05, 0) is 71.7 Å². The van der Waals surface area contributed by atoms with Crippen LogP contribution in [0.2, 0.25) is 0 Å². The van der Waals surface area contributed by atoms with Gasteiger partial charge in [0.05, 0.1) is 4.47 Å². The number of nitrogens with one attached hydrogen (secondary N) is 2. The minimum absolute atomic E-state index is 0.188. The van der Waals surface area contributed by atoms with E-state index in [1.54, 1.807) is 6.92 Å². The number of aryl methyl sites for hydroxylation is 1. The quantitative estimate of drug-likeness (QED) is 0.700. The number of benzene rings is 2. The molecule has 0 saturated heterocycles. The summed E-state index contributed by atoms with van der Waals surface area (Å²) in [5.74, 6) is 0.465. The molecule has 4 nitrogen and oxygen atoms in total. The molecule has 1 unspecified atom stereocenters. The predicted octanol–water partition coefficient (Wildman–Crippen LogP) is 4.64. The largest absolute Gasteiger partial charge is 0.480 e. The van der Waals surface area contributed by atoms with Crippen LogP contribution in [0.15, 0.2) is 53.1 Å². The van der Waals surface area contributed by atoms with Crippen molar-refractivity contribution in [1.29, 1.82) is 0 Å². The summed E-state index contributed by atoms with van der Waals surface area (Å²) in [6.07, 6.45) is 1.27. The first-order valence-electron chi connectivity index (χ1n) is 7.34. The number of halogens is 1. The third-order valence-electron chi connectivity index (χ3n) is 3.58. The molecule has 0 aliphatic rings. The van der Waals surface area contributed by atoms with Crippen LogP contribution in [0.4, 0.5) is 5.69 Å². The molecular formula is C18H17BrN2O2. The zero-order chi connectivity index (χ0) is 16.4. The summed E-state index contributed by atoms with van der Waals surface area (Å²) in [5, 5.41) is 3.93. The van der Waals surface area contributed by atoms with E-state index in [1.165, 1.54) is 0 Å². The average molecular weight is 373 g/mol. The van der Waals surface area contributed by atoms with E-state index in [2.05, 4.69) is 26.2 Å². The average Bonchev–Trinajstić information content (AvgIpc) is 2.97. The number of hydrogen-bond donors (Lipinski definition) is 2. The van der Waals surface area contributed by atoms with Crippen molar-refractivity contribution in [1.82, 2.24) is 4.98 Å². The van der Waals surface area contributed by atoms with E-state index in [9.17, 15) is 4.79 Å². The number of aromatic nitrogens is 1. The molecule has 3 rings (SSSR count). The molecule has 118 valence electrons. The number of carbonyl (C=O) groups excluding carboxylic acids is 1.